The van der Waals surface area contributed by atoms with Crippen molar-refractivity contribution in [3.8, 4) is 0 Å². The molecule has 0 heterocycles. The van der Waals surface area contributed by atoms with Gasteiger partial charge in [-0.25, -0.2) is 0 Å². The summed E-state index contributed by atoms with van der Waals surface area (Å²) >= 11 is 5.91. The van der Waals surface area contributed by atoms with E-state index >= 15 is 0 Å². The number of nitrogens with one attached hydrogen (secondary N) is 1. The molecule has 1 saturated carbocycles. The van der Waals surface area contributed by atoms with Gasteiger partial charge < -0.3 is 5.32 Å². The van der Waals surface area contributed by atoms with Crippen molar-refractivity contribution in [3.05, 3.63) is 34.9 Å². The average Bonchev–Trinajstić information content (AvgIpc) is 2.34. The molecule has 0 saturated heterocycles. The van der Waals surface area contributed by atoms with Crippen molar-refractivity contribution < 1.29 is 0 Å². The third-order valence-corrected chi connectivity index (χ3v) is 4.58. The van der Waals surface area contributed by atoms with Crippen LogP contribution >= 0.6 is 11.6 Å². The summed E-state index contributed by atoms with van der Waals surface area (Å²) in [5.74, 6) is 1.58. The number of rotatable bonds is 6. The zero-order valence-electron chi connectivity index (χ0n) is 11.5. The lowest BCUT2D eigenvalue weighted by Crippen LogP contribution is -2.42. The van der Waals surface area contributed by atoms with Crippen molar-refractivity contribution in [2.45, 2.75) is 51.5 Å². The van der Waals surface area contributed by atoms with Crippen LogP contribution in [0.25, 0.3) is 0 Å². The highest BCUT2D eigenvalue weighted by atomic mass is 35.5. The van der Waals surface area contributed by atoms with E-state index < -0.39 is 0 Å². The molecule has 2 rings (SSSR count). The second-order valence-electron chi connectivity index (χ2n) is 5.51. The maximum absolute atomic E-state index is 5.91. The largest absolute Gasteiger partial charge is 0.314 e. The van der Waals surface area contributed by atoms with Gasteiger partial charge in [-0.05, 0) is 48.9 Å². The second-order valence-corrected chi connectivity index (χ2v) is 5.94. The Labute approximate surface area is 116 Å². The van der Waals surface area contributed by atoms with Gasteiger partial charge in [0.05, 0.1) is 0 Å². The average molecular weight is 266 g/mol. The van der Waals surface area contributed by atoms with Crippen molar-refractivity contribution in [2.75, 3.05) is 6.54 Å². The third-order valence-electron chi connectivity index (χ3n) is 4.33. The molecule has 1 nitrogen and oxygen atoms in total. The minimum atomic E-state index is 0.728. The van der Waals surface area contributed by atoms with Crippen LogP contribution in [0.5, 0.6) is 0 Å². The first-order valence-corrected chi connectivity index (χ1v) is 7.59. The van der Waals surface area contributed by atoms with E-state index in [9.17, 15) is 0 Å². The summed E-state index contributed by atoms with van der Waals surface area (Å²) in [6.07, 6.45) is 5.14. The molecule has 0 radical (unpaired) electrons. The first-order chi connectivity index (χ1) is 8.72. The Morgan fingerprint density at radius 1 is 1.17 bits per heavy atom. The number of benzene rings is 1. The Balaban J connectivity index is 1.72. The molecule has 1 N–H and O–H groups in total. The van der Waals surface area contributed by atoms with Crippen LogP contribution in [0.3, 0.4) is 0 Å². The Kier molecular flexibility index (Phi) is 5.08. The lowest BCUT2D eigenvalue weighted by Gasteiger charge is -2.37. The summed E-state index contributed by atoms with van der Waals surface area (Å²) in [6, 6.07) is 9.07. The molecule has 2 heteroatoms. The van der Waals surface area contributed by atoms with E-state index in [4.69, 9.17) is 11.6 Å². The van der Waals surface area contributed by atoms with Crippen molar-refractivity contribution in [2.24, 2.45) is 5.92 Å². The molecular formula is C16H24ClN. The van der Waals surface area contributed by atoms with Gasteiger partial charge in [-0.2, -0.15) is 0 Å². The maximum atomic E-state index is 5.91. The Bertz CT molecular complexity index is 350. The Hall–Kier alpha value is -0.530. The molecule has 1 fully saturated rings. The third kappa shape index (κ3) is 3.49. The van der Waals surface area contributed by atoms with Gasteiger partial charge in [0, 0.05) is 11.1 Å². The number of hydrogen-bond donors (Lipinski definition) is 1. The summed E-state index contributed by atoms with van der Waals surface area (Å²) < 4.78 is 0. The maximum Gasteiger partial charge on any atom is 0.0406 e. The summed E-state index contributed by atoms with van der Waals surface area (Å²) in [5, 5.41) is 4.54. The zero-order chi connectivity index (χ0) is 13.0. The molecule has 0 aromatic heterocycles. The lowest BCUT2D eigenvalue weighted by molar-refractivity contribution is 0.272. The highest BCUT2D eigenvalue weighted by molar-refractivity contribution is 6.30. The first kappa shape index (κ1) is 13.9. The minimum absolute atomic E-state index is 0.728. The van der Waals surface area contributed by atoms with Gasteiger partial charge in [-0.1, -0.05) is 50.4 Å². The molecule has 100 valence electrons. The fraction of sp³-hybridized carbons (Fsp3) is 0.625. The molecule has 0 unspecified atom stereocenters. The minimum Gasteiger partial charge on any atom is -0.314 e. The van der Waals surface area contributed by atoms with Gasteiger partial charge in [-0.3, -0.25) is 0 Å². The smallest absolute Gasteiger partial charge is 0.0406 e. The van der Waals surface area contributed by atoms with Crippen molar-refractivity contribution >= 4 is 11.6 Å². The van der Waals surface area contributed by atoms with Gasteiger partial charge in [0.1, 0.15) is 0 Å². The number of hydrogen-bond acceptors (Lipinski definition) is 1. The van der Waals surface area contributed by atoms with Crippen LogP contribution in [0.4, 0.5) is 0 Å². The molecule has 1 aromatic carbocycles. The fourth-order valence-electron chi connectivity index (χ4n) is 2.70. The number of halogens is 1. The molecule has 0 atom stereocenters. The van der Waals surface area contributed by atoms with Crippen LogP contribution in [0.15, 0.2) is 24.3 Å². The molecule has 0 amide bonds. The predicted octanol–water partition coefficient (Wildman–Crippen LogP) is 4.61. The van der Waals surface area contributed by atoms with Crippen LogP contribution in [0.2, 0.25) is 5.02 Å². The molecule has 1 aliphatic carbocycles. The molecule has 0 bridgehead atoms. The highest BCUT2D eigenvalue weighted by Crippen LogP contribution is 2.37. The SMILES string of the molecule is CCC(CC)CNC1CC(c2ccc(Cl)cc2)C1. The lowest BCUT2D eigenvalue weighted by atomic mass is 9.76. The van der Waals surface area contributed by atoms with E-state index in [1.54, 1.807) is 0 Å². The normalized spacial score (nSPS) is 23.1. The fourth-order valence-corrected chi connectivity index (χ4v) is 2.83. The standard InChI is InChI=1S/C16H24ClN/c1-3-12(4-2)11-18-16-9-14(10-16)13-5-7-15(17)8-6-13/h5-8,12,14,16,18H,3-4,9-11H2,1-2H3. The molecule has 0 spiro atoms. The van der Waals surface area contributed by atoms with E-state index in [0.29, 0.717) is 0 Å². The quantitative estimate of drug-likeness (QED) is 0.792. The molecule has 1 aromatic rings. The van der Waals surface area contributed by atoms with Gasteiger partial charge in [-0.15, -0.1) is 0 Å². The Morgan fingerprint density at radius 3 is 2.33 bits per heavy atom. The summed E-state index contributed by atoms with van der Waals surface area (Å²) in [7, 11) is 0. The van der Waals surface area contributed by atoms with Crippen LogP contribution in [0, 0.1) is 5.92 Å². The monoisotopic (exact) mass is 265 g/mol. The second kappa shape index (κ2) is 6.58. The van der Waals surface area contributed by atoms with Crippen molar-refractivity contribution in [1.29, 1.82) is 0 Å². The zero-order valence-corrected chi connectivity index (χ0v) is 12.2. The van der Waals surface area contributed by atoms with E-state index in [2.05, 4.69) is 31.3 Å². The summed E-state index contributed by atoms with van der Waals surface area (Å²) in [6.45, 7) is 5.76. The molecule has 0 aliphatic heterocycles. The molecular weight excluding hydrogens is 242 g/mol. The topological polar surface area (TPSA) is 12.0 Å². The molecule has 18 heavy (non-hydrogen) atoms. The van der Waals surface area contributed by atoms with Crippen LogP contribution in [-0.4, -0.2) is 12.6 Å². The van der Waals surface area contributed by atoms with Crippen LogP contribution in [-0.2, 0) is 0 Å². The van der Waals surface area contributed by atoms with Gasteiger partial charge >= 0.3 is 0 Å². The van der Waals surface area contributed by atoms with E-state index in [-0.39, 0.29) is 0 Å². The van der Waals surface area contributed by atoms with E-state index in [1.165, 1.54) is 37.8 Å². The van der Waals surface area contributed by atoms with Gasteiger partial charge in [0.25, 0.3) is 0 Å². The van der Waals surface area contributed by atoms with Crippen molar-refractivity contribution in [1.82, 2.24) is 5.32 Å². The summed E-state index contributed by atoms with van der Waals surface area (Å²) in [4.78, 5) is 0. The summed E-state index contributed by atoms with van der Waals surface area (Å²) in [5.41, 5.74) is 1.44. The predicted molar refractivity (Wildman–Crippen MR) is 79.3 cm³/mol. The Morgan fingerprint density at radius 2 is 1.78 bits per heavy atom. The van der Waals surface area contributed by atoms with Crippen molar-refractivity contribution in [3.63, 3.8) is 0 Å². The van der Waals surface area contributed by atoms with Gasteiger partial charge in [0.2, 0.25) is 0 Å². The van der Waals surface area contributed by atoms with Crippen LogP contribution in [0.1, 0.15) is 51.0 Å². The molecule has 1 aliphatic rings. The van der Waals surface area contributed by atoms with Gasteiger partial charge in [0.15, 0.2) is 0 Å². The van der Waals surface area contributed by atoms with E-state index in [0.717, 1.165) is 22.9 Å². The highest BCUT2D eigenvalue weighted by Gasteiger charge is 2.29. The first-order valence-electron chi connectivity index (χ1n) is 7.21. The van der Waals surface area contributed by atoms with Crippen LogP contribution < -0.4 is 5.32 Å². The van der Waals surface area contributed by atoms with E-state index in [1.807, 2.05) is 12.1 Å².